The van der Waals surface area contributed by atoms with Gasteiger partial charge in [0.2, 0.25) is 0 Å². The summed E-state index contributed by atoms with van der Waals surface area (Å²) in [6.07, 6.45) is 7.03. The van der Waals surface area contributed by atoms with Crippen molar-refractivity contribution >= 4 is 5.78 Å². The summed E-state index contributed by atoms with van der Waals surface area (Å²) in [5.74, 6) is 5.79. The zero-order valence-corrected chi connectivity index (χ0v) is 28.8. The number of ketones is 1. The number of carbonyl (C=O) groups excluding carboxylic acids is 1. The molecule has 7 nitrogen and oxygen atoms in total. The first kappa shape index (κ1) is 34.9. The van der Waals surface area contributed by atoms with Gasteiger partial charge in [0.05, 0.1) is 13.2 Å². The van der Waals surface area contributed by atoms with Gasteiger partial charge >= 0.3 is 0 Å². The van der Waals surface area contributed by atoms with Crippen LogP contribution >= 0.6 is 0 Å². The number of fused-ring (bicyclic) bond motifs is 3. The van der Waals surface area contributed by atoms with Gasteiger partial charge in [0.25, 0.3) is 0 Å². The Kier molecular flexibility index (Phi) is 10.9. The summed E-state index contributed by atoms with van der Waals surface area (Å²) in [7, 11) is 1.52. The summed E-state index contributed by atoms with van der Waals surface area (Å²) in [5, 5.41) is 48.0. The lowest BCUT2D eigenvalue weighted by Gasteiger charge is -2.57. The first-order valence-corrected chi connectivity index (χ1v) is 18.1. The van der Waals surface area contributed by atoms with E-state index in [0.29, 0.717) is 25.1 Å². The van der Waals surface area contributed by atoms with Crippen LogP contribution < -0.4 is 10.1 Å². The van der Waals surface area contributed by atoms with Crippen molar-refractivity contribution in [2.24, 2.45) is 23.7 Å². The summed E-state index contributed by atoms with van der Waals surface area (Å²) < 4.78 is 5.50. The minimum absolute atomic E-state index is 0.0366. The minimum atomic E-state index is -0.942. The van der Waals surface area contributed by atoms with Gasteiger partial charge in [-0.05, 0) is 66.6 Å². The second-order valence-electron chi connectivity index (χ2n) is 14.5. The normalized spacial score (nSPS) is 29.9. The number of aliphatic hydroxyl groups is 1. The molecule has 3 aliphatic rings. The van der Waals surface area contributed by atoms with E-state index in [2.05, 4.69) is 36.2 Å². The number of ether oxygens (including phenoxy) is 1. The van der Waals surface area contributed by atoms with E-state index >= 15 is 0 Å². The summed E-state index contributed by atoms with van der Waals surface area (Å²) in [4.78, 5) is 14.8. The van der Waals surface area contributed by atoms with Gasteiger partial charge in [-0.2, -0.15) is 0 Å². The highest BCUT2D eigenvalue weighted by atomic mass is 16.5. The fraction of sp³-hybridized carbons (Fsp3) is 0.500. The van der Waals surface area contributed by atoms with Crippen LogP contribution in [-0.4, -0.2) is 52.0 Å². The van der Waals surface area contributed by atoms with Crippen LogP contribution in [0.25, 0.3) is 0 Å². The van der Waals surface area contributed by atoms with Crippen LogP contribution in [0.15, 0.2) is 66.7 Å². The molecular weight excluding hydrogens is 614 g/mol. The van der Waals surface area contributed by atoms with E-state index < -0.39 is 17.4 Å². The van der Waals surface area contributed by atoms with E-state index in [1.165, 1.54) is 7.11 Å². The van der Waals surface area contributed by atoms with Gasteiger partial charge in [0.15, 0.2) is 23.0 Å². The molecule has 0 bridgehead atoms. The zero-order valence-electron chi connectivity index (χ0n) is 28.8. The van der Waals surface area contributed by atoms with Crippen LogP contribution in [0.1, 0.15) is 87.3 Å². The summed E-state index contributed by atoms with van der Waals surface area (Å²) in [6, 6.07) is 20.7. The molecule has 2 fully saturated rings. The van der Waals surface area contributed by atoms with Crippen molar-refractivity contribution in [1.82, 2.24) is 5.32 Å². The molecule has 2 aliphatic carbocycles. The molecule has 7 heteroatoms. The molecule has 0 aromatic heterocycles. The molecule has 3 aromatic carbocycles. The van der Waals surface area contributed by atoms with Crippen molar-refractivity contribution < 1.29 is 30.0 Å². The predicted octanol–water partition coefficient (Wildman–Crippen LogP) is 7.00. The van der Waals surface area contributed by atoms with Crippen LogP contribution in [0, 0.1) is 35.5 Å². The number of hydrogen-bond acceptors (Lipinski definition) is 7. The minimum Gasteiger partial charge on any atom is -0.504 e. The maximum atomic E-state index is 14.8. The van der Waals surface area contributed by atoms with E-state index in [-0.39, 0.29) is 59.2 Å². The average molecular weight is 666 g/mol. The van der Waals surface area contributed by atoms with Crippen LogP contribution in [0.2, 0.25) is 0 Å². The molecule has 260 valence electrons. The first-order valence-electron chi connectivity index (χ1n) is 18.1. The number of rotatable bonds is 9. The molecule has 1 saturated carbocycles. The highest BCUT2D eigenvalue weighted by molar-refractivity contribution is 5.83. The molecule has 1 saturated heterocycles. The number of nitrogens with one attached hydrogen (secondary N) is 1. The number of phenolic OH excluding ortho intramolecular Hbond substituents is 3. The molecule has 3 aromatic rings. The Labute approximate surface area is 290 Å². The topological polar surface area (TPSA) is 119 Å². The molecule has 5 N–H and O–H groups in total. The number of hydrogen-bond donors (Lipinski definition) is 5. The zero-order chi connectivity index (χ0) is 34.5. The van der Waals surface area contributed by atoms with Gasteiger partial charge in [-0.25, -0.2) is 0 Å². The Bertz CT molecular complexity index is 1660. The SMILES string of the molecule is CCCCC[C@H]1C(=O)C[C@@H](c2ccc(O)c(OC)c2)[C@H](Cc2ccccc2)C#C[C@@H]2CN[C@H]3CCCC[C@@]3(c3ccc(O)c(O)c3)[C@@H]2[C@H]1O. The van der Waals surface area contributed by atoms with Crippen LogP contribution in [0.4, 0.5) is 0 Å². The lowest BCUT2D eigenvalue weighted by molar-refractivity contribution is -0.132. The maximum absolute atomic E-state index is 14.8. The maximum Gasteiger partial charge on any atom is 0.160 e. The van der Waals surface area contributed by atoms with E-state index in [1.807, 2.05) is 36.4 Å². The molecule has 0 spiro atoms. The van der Waals surface area contributed by atoms with Gasteiger partial charge in [0, 0.05) is 54.0 Å². The number of aliphatic hydroxyl groups excluding tert-OH is 1. The van der Waals surface area contributed by atoms with Gasteiger partial charge in [-0.3, -0.25) is 4.79 Å². The molecule has 6 rings (SSSR count). The number of piperidine rings is 1. The van der Waals surface area contributed by atoms with Crippen molar-refractivity contribution in [1.29, 1.82) is 0 Å². The van der Waals surface area contributed by atoms with E-state index in [4.69, 9.17) is 4.74 Å². The molecule has 8 atom stereocenters. The van der Waals surface area contributed by atoms with Gasteiger partial charge in [-0.15, -0.1) is 0 Å². The van der Waals surface area contributed by atoms with Crippen molar-refractivity contribution in [3.8, 4) is 34.8 Å². The Morgan fingerprint density at radius 2 is 1.73 bits per heavy atom. The van der Waals surface area contributed by atoms with E-state index in [9.17, 15) is 25.2 Å². The Morgan fingerprint density at radius 3 is 2.49 bits per heavy atom. The molecule has 0 radical (unpaired) electrons. The highest BCUT2D eigenvalue weighted by Gasteiger charge is 2.57. The van der Waals surface area contributed by atoms with E-state index in [0.717, 1.165) is 61.6 Å². The number of carbonyl (C=O) groups is 1. The number of aromatic hydroxyl groups is 3. The summed E-state index contributed by atoms with van der Waals surface area (Å²) in [6.45, 7) is 2.74. The van der Waals surface area contributed by atoms with Gasteiger partial charge in [0.1, 0.15) is 5.78 Å². The molecular formula is C42H51NO6. The molecule has 0 unspecified atom stereocenters. The number of Topliss-reactive ketones (excluding diaryl/α,β-unsaturated/α-hetero) is 1. The molecule has 0 amide bonds. The largest absolute Gasteiger partial charge is 0.504 e. The van der Waals surface area contributed by atoms with Crippen molar-refractivity contribution in [2.75, 3.05) is 13.7 Å². The lowest BCUT2D eigenvalue weighted by Crippen LogP contribution is -2.66. The Hall–Kier alpha value is -3.99. The quantitative estimate of drug-likeness (QED) is 0.0949. The molecule has 1 heterocycles. The third-order valence-electron chi connectivity index (χ3n) is 11.7. The monoisotopic (exact) mass is 665 g/mol. The Balaban J connectivity index is 1.53. The highest BCUT2D eigenvalue weighted by Crippen LogP contribution is 2.54. The first-order chi connectivity index (χ1) is 23.8. The standard InChI is InChI=1S/C42H51NO6/c1-3-4-6-13-32-36(46)25-33(29-17-19-35(45)38(23-29)49-2)28(22-27-11-7-5-8-12-27)15-16-30-26-43-39-14-9-10-21-42(39,40(30)41(32)48)31-18-20-34(44)37(47)24-31/h5,7-8,11-12,17-20,23-24,28,30,32-33,39-41,43-45,47-48H,3-4,6,9-10,13-14,21-22,25-26H2,1-2H3/t28-,30+,32-,33+,39-,40-,41-,42-/m0/s1. The fourth-order valence-corrected chi connectivity index (χ4v) is 9.22. The third kappa shape index (κ3) is 7.04. The van der Waals surface area contributed by atoms with Crippen LogP contribution in [0.3, 0.4) is 0 Å². The Morgan fingerprint density at radius 1 is 0.939 bits per heavy atom. The molecule has 49 heavy (non-hydrogen) atoms. The number of unbranched alkanes of at least 4 members (excludes halogenated alkanes) is 2. The number of phenols is 3. The third-order valence-corrected chi connectivity index (χ3v) is 11.7. The van der Waals surface area contributed by atoms with Gasteiger partial charge in [-0.1, -0.05) is 93.3 Å². The second kappa shape index (κ2) is 15.3. The molecule has 1 aliphatic heterocycles. The predicted molar refractivity (Wildman–Crippen MR) is 191 cm³/mol. The van der Waals surface area contributed by atoms with Gasteiger partial charge < -0.3 is 30.5 Å². The number of benzene rings is 3. The van der Waals surface area contributed by atoms with Crippen molar-refractivity contribution in [3.05, 3.63) is 83.4 Å². The number of methoxy groups -OCH3 is 1. The average Bonchev–Trinajstić information content (AvgIpc) is 3.11. The summed E-state index contributed by atoms with van der Waals surface area (Å²) >= 11 is 0. The van der Waals surface area contributed by atoms with Crippen molar-refractivity contribution in [3.63, 3.8) is 0 Å². The van der Waals surface area contributed by atoms with E-state index in [1.54, 1.807) is 18.2 Å². The lowest BCUT2D eigenvalue weighted by atomic mass is 9.51. The smallest absolute Gasteiger partial charge is 0.160 e. The summed E-state index contributed by atoms with van der Waals surface area (Å²) in [5.41, 5.74) is 2.30. The van der Waals surface area contributed by atoms with Crippen molar-refractivity contribution in [2.45, 2.75) is 94.6 Å². The van der Waals surface area contributed by atoms with Crippen LogP contribution in [0.5, 0.6) is 23.0 Å². The van der Waals surface area contributed by atoms with Crippen LogP contribution in [-0.2, 0) is 16.6 Å². The fourth-order valence-electron chi connectivity index (χ4n) is 9.22. The second-order valence-corrected chi connectivity index (χ2v) is 14.5.